The highest BCUT2D eigenvalue weighted by atomic mass is 32.2. The number of halogens is 3. The highest BCUT2D eigenvalue weighted by Gasteiger charge is 2.34. The molecular weight excluding hydrogens is 313 g/mol. The van der Waals surface area contributed by atoms with Gasteiger partial charge in [0.1, 0.15) is 17.2 Å². The topological polar surface area (TPSA) is 93.6 Å². The molecule has 120 valence electrons. The number of carbonyl (C=O) groups is 1. The Kier molecular flexibility index (Phi) is 5.05. The predicted molar refractivity (Wildman–Crippen MR) is 67.1 cm³/mol. The van der Waals surface area contributed by atoms with Gasteiger partial charge in [0.2, 0.25) is 10.0 Å². The summed E-state index contributed by atoms with van der Waals surface area (Å²) in [7, 11) is -4.11. The Labute approximate surface area is 119 Å². The fraction of sp³-hybridized carbons (Fsp3) is 0.545. The Morgan fingerprint density at radius 2 is 2.00 bits per heavy atom. The molecule has 10 heteroatoms. The monoisotopic (exact) mass is 328 g/mol. The third-order valence-electron chi connectivity index (χ3n) is 2.54. The van der Waals surface area contributed by atoms with E-state index in [0.717, 1.165) is 6.07 Å². The lowest BCUT2D eigenvalue weighted by molar-refractivity contribution is -0.140. The SMILES string of the molecule is CCCN(CC(F)(F)F)C(=O)c1cc(S(N)(=O)=O)c(C)o1. The molecule has 6 nitrogen and oxygen atoms in total. The van der Waals surface area contributed by atoms with Gasteiger partial charge in [0.05, 0.1) is 0 Å². The molecule has 0 aromatic carbocycles. The van der Waals surface area contributed by atoms with E-state index in [-0.39, 0.29) is 12.3 Å². The number of nitrogens with two attached hydrogens (primary N) is 1. The van der Waals surface area contributed by atoms with Crippen molar-refractivity contribution < 1.29 is 30.8 Å². The number of hydrogen-bond acceptors (Lipinski definition) is 4. The van der Waals surface area contributed by atoms with Gasteiger partial charge in [0, 0.05) is 12.6 Å². The zero-order chi connectivity index (χ0) is 16.4. The highest BCUT2D eigenvalue weighted by molar-refractivity contribution is 7.89. The fourth-order valence-corrected chi connectivity index (χ4v) is 2.46. The number of hydrogen-bond donors (Lipinski definition) is 1. The van der Waals surface area contributed by atoms with Crippen LogP contribution in [-0.2, 0) is 10.0 Å². The van der Waals surface area contributed by atoms with Gasteiger partial charge in [0.25, 0.3) is 5.91 Å². The van der Waals surface area contributed by atoms with E-state index in [1.54, 1.807) is 6.92 Å². The minimum absolute atomic E-state index is 0.136. The second-order valence-electron chi connectivity index (χ2n) is 4.42. The van der Waals surface area contributed by atoms with E-state index in [0.29, 0.717) is 11.3 Å². The van der Waals surface area contributed by atoms with E-state index in [1.165, 1.54) is 6.92 Å². The van der Waals surface area contributed by atoms with Crippen LogP contribution in [0.4, 0.5) is 13.2 Å². The number of aryl methyl sites for hydroxylation is 1. The standard InChI is InChI=1S/C11H15F3N2O4S/c1-3-4-16(6-11(12,13)14)10(17)8-5-9(7(2)20-8)21(15,18)19/h5H,3-4,6H2,1-2H3,(H2,15,18,19). The number of primary sulfonamides is 1. The van der Waals surface area contributed by atoms with Crippen LogP contribution in [0.25, 0.3) is 0 Å². The van der Waals surface area contributed by atoms with Crippen LogP contribution < -0.4 is 5.14 Å². The van der Waals surface area contributed by atoms with E-state index in [1.807, 2.05) is 0 Å². The molecule has 0 spiro atoms. The van der Waals surface area contributed by atoms with Crippen molar-refractivity contribution in [2.45, 2.75) is 31.3 Å². The number of sulfonamides is 1. The molecule has 0 aliphatic heterocycles. The molecule has 1 heterocycles. The first-order valence-corrected chi connectivity index (χ1v) is 7.49. The smallest absolute Gasteiger partial charge is 0.406 e. The molecule has 21 heavy (non-hydrogen) atoms. The number of nitrogens with zero attached hydrogens (tertiary/aromatic N) is 1. The van der Waals surface area contributed by atoms with Crippen LogP contribution in [0.1, 0.15) is 29.7 Å². The van der Waals surface area contributed by atoms with Crippen LogP contribution in [-0.4, -0.2) is 38.5 Å². The van der Waals surface area contributed by atoms with Crippen LogP contribution in [0.5, 0.6) is 0 Å². The van der Waals surface area contributed by atoms with Crippen molar-refractivity contribution in [1.82, 2.24) is 4.90 Å². The quantitative estimate of drug-likeness (QED) is 0.889. The minimum atomic E-state index is -4.56. The number of amides is 1. The van der Waals surface area contributed by atoms with Crippen LogP contribution in [0.2, 0.25) is 0 Å². The first-order chi connectivity index (χ1) is 9.45. The zero-order valence-corrected chi connectivity index (χ0v) is 12.2. The summed E-state index contributed by atoms with van der Waals surface area (Å²) in [5, 5.41) is 4.91. The molecule has 1 amide bonds. The molecule has 0 aliphatic carbocycles. The van der Waals surface area contributed by atoms with Gasteiger partial charge in [-0.25, -0.2) is 13.6 Å². The Morgan fingerprint density at radius 3 is 2.38 bits per heavy atom. The summed E-state index contributed by atoms with van der Waals surface area (Å²) in [6, 6.07) is 0.839. The summed E-state index contributed by atoms with van der Waals surface area (Å²) >= 11 is 0. The Bertz CT molecular complexity index is 622. The van der Waals surface area contributed by atoms with Gasteiger partial charge in [-0.1, -0.05) is 6.92 Å². The highest BCUT2D eigenvalue weighted by Crippen LogP contribution is 2.22. The Morgan fingerprint density at radius 1 is 1.43 bits per heavy atom. The Hall–Kier alpha value is -1.55. The van der Waals surface area contributed by atoms with Crippen molar-refractivity contribution in [2.75, 3.05) is 13.1 Å². The lowest BCUT2D eigenvalue weighted by atomic mass is 10.3. The molecule has 1 aromatic heterocycles. The second kappa shape index (κ2) is 6.06. The molecule has 0 radical (unpaired) electrons. The average Bonchev–Trinajstić information content (AvgIpc) is 2.67. The van der Waals surface area contributed by atoms with E-state index < -0.39 is 39.3 Å². The van der Waals surface area contributed by atoms with Gasteiger partial charge in [-0.05, 0) is 13.3 Å². The third-order valence-corrected chi connectivity index (χ3v) is 3.56. The minimum Gasteiger partial charge on any atom is -0.455 e. The van der Waals surface area contributed by atoms with Gasteiger partial charge in [-0.3, -0.25) is 4.79 Å². The van der Waals surface area contributed by atoms with Gasteiger partial charge in [-0.15, -0.1) is 0 Å². The van der Waals surface area contributed by atoms with Crippen molar-refractivity contribution in [2.24, 2.45) is 5.14 Å². The molecule has 1 rings (SSSR count). The van der Waals surface area contributed by atoms with Crippen LogP contribution in [0, 0.1) is 6.92 Å². The Balaban J connectivity index is 3.10. The lowest BCUT2D eigenvalue weighted by Gasteiger charge is -2.22. The van der Waals surface area contributed by atoms with Crippen LogP contribution in [0.3, 0.4) is 0 Å². The van der Waals surface area contributed by atoms with Gasteiger partial charge >= 0.3 is 6.18 Å². The molecule has 0 fully saturated rings. The summed E-state index contributed by atoms with van der Waals surface area (Å²) in [6.07, 6.45) is -4.25. The molecule has 1 aromatic rings. The largest absolute Gasteiger partial charge is 0.455 e. The maximum atomic E-state index is 12.4. The van der Waals surface area contributed by atoms with Gasteiger partial charge in [-0.2, -0.15) is 13.2 Å². The van der Waals surface area contributed by atoms with E-state index in [2.05, 4.69) is 0 Å². The maximum absolute atomic E-state index is 12.4. The second-order valence-corrected chi connectivity index (χ2v) is 5.95. The van der Waals surface area contributed by atoms with Crippen molar-refractivity contribution in [3.8, 4) is 0 Å². The molecule has 0 saturated carbocycles. The fourth-order valence-electron chi connectivity index (χ4n) is 1.75. The summed E-state index contributed by atoms with van der Waals surface area (Å²) in [6.45, 7) is 1.29. The number of rotatable bonds is 5. The molecule has 2 N–H and O–H groups in total. The number of furan rings is 1. The maximum Gasteiger partial charge on any atom is 0.406 e. The van der Waals surface area contributed by atoms with Crippen molar-refractivity contribution >= 4 is 15.9 Å². The number of carbonyl (C=O) groups excluding carboxylic acids is 1. The molecule has 0 unspecified atom stereocenters. The normalized spacial score (nSPS) is 12.5. The molecule has 0 bridgehead atoms. The number of alkyl halides is 3. The molecule has 0 saturated heterocycles. The molecule has 0 atom stereocenters. The van der Waals surface area contributed by atoms with E-state index >= 15 is 0 Å². The van der Waals surface area contributed by atoms with Crippen molar-refractivity contribution in [3.63, 3.8) is 0 Å². The van der Waals surface area contributed by atoms with Crippen LogP contribution in [0.15, 0.2) is 15.4 Å². The predicted octanol–water partition coefficient (Wildman–Crippen LogP) is 1.65. The van der Waals surface area contributed by atoms with Crippen molar-refractivity contribution in [3.05, 3.63) is 17.6 Å². The van der Waals surface area contributed by atoms with Crippen LogP contribution >= 0.6 is 0 Å². The third kappa shape index (κ3) is 4.74. The summed E-state index contributed by atoms with van der Waals surface area (Å²) in [5.74, 6) is -1.68. The van der Waals surface area contributed by atoms with E-state index in [4.69, 9.17) is 9.56 Å². The van der Waals surface area contributed by atoms with Gasteiger partial charge < -0.3 is 9.32 Å². The molecular formula is C11H15F3N2O4S. The summed E-state index contributed by atoms with van der Waals surface area (Å²) < 4.78 is 64.7. The van der Waals surface area contributed by atoms with Gasteiger partial charge in [0.15, 0.2) is 5.76 Å². The van der Waals surface area contributed by atoms with E-state index in [9.17, 15) is 26.4 Å². The van der Waals surface area contributed by atoms with Crippen molar-refractivity contribution in [1.29, 1.82) is 0 Å². The summed E-state index contributed by atoms with van der Waals surface area (Å²) in [5.41, 5.74) is 0. The lowest BCUT2D eigenvalue weighted by Crippen LogP contribution is -2.39. The average molecular weight is 328 g/mol. The summed E-state index contributed by atoms with van der Waals surface area (Å²) in [4.78, 5) is 12.1. The first-order valence-electron chi connectivity index (χ1n) is 5.95. The zero-order valence-electron chi connectivity index (χ0n) is 11.4. The first kappa shape index (κ1) is 17.5. The molecule has 0 aliphatic rings.